The van der Waals surface area contributed by atoms with Crippen LogP contribution in [0, 0.1) is 0 Å². The molecule has 0 aliphatic carbocycles. The Balaban J connectivity index is 1.64. The summed E-state index contributed by atoms with van der Waals surface area (Å²) in [5.74, 6) is -0.0705. The van der Waals surface area contributed by atoms with Gasteiger partial charge in [-0.05, 0) is 30.3 Å². The van der Waals surface area contributed by atoms with Crippen LogP contribution in [-0.4, -0.2) is 48.3 Å². The van der Waals surface area contributed by atoms with Crippen molar-refractivity contribution in [3.05, 3.63) is 52.8 Å². The standard InChI is InChI=1S/C16H16ClN3O2/c17-12-2-1-3-14(10-12)19-6-8-20(9-7-19)16(22)15-5-4-13(11-21)18-15/h1-5,10-11,18H,6-9H2. The normalized spacial score (nSPS) is 15.0. The van der Waals surface area contributed by atoms with Gasteiger partial charge in [0.05, 0.1) is 5.69 Å². The highest BCUT2D eigenvalue weighted by Crippen LogP contribution is 2.21. The van der Waals surface area contributed by atoms with Crippen LogP contribution in [0.2, 0.25) is 5.02 Å². The molecule has 0 atom stereocenters. The fourth-order valence-corrected chi connectivity index (χ4v) is 2.80. The quantitative estimate of drug-likeness (QED) is 0.885. The zero-order chi connectivity index (χ0) is 15.5. The Labute approximate surface area is 133 Å². The molecule has 1 aliphatic rings. The number of nitrogens with zero attached hydrogens (tertiary/aromatic N) is 2. The number of anilines is 1. The van der Waals surface area contributed by atoms with Crippen molar-refractivity contribution >= 4 is 29.5 Å². The van der Waals surface area contributed by atoms with Crippen LogP contribution < -0.4 is 4.90 Å². The Bertz CT molecular complexity index is 690. The first kappa shape index (κ1) is 14.7. The van der Waals surface area contributed by atoms with Gasteiger partial charge < -0.3 is 14.8 Å². The number of hydrogen-bond acceptors (Lipinski definition) is 3. The molecule has 2 heterocycles. The van der Waals surface area contributed by atoms with Gasteiger partial charge in [0.2, 0.25) is 0 Å². The fraction of sp³-hybridized carbons (Fsp3) is 0.250. The third-order valence-electron chi connectivity index (χ3n) is 3.81. The lowest BCUT2D eigenvalue weighted by atomic mass is 10.2. The maximum absolute atomic E-state index is 12.4. The van der Waals surface area contributed by atoms with Crippen LogP contribution >= 0.6 is 11.6 Å². The minimum Gasteiger partial charge on any atom is -0.368 e. The summed E-state index contributed by atoms with van der Waals surface area (Å²) in [5.41, 5.74) is 1.95. The Morgan fingerprint density at radius 2 is 1.91 bits per heavy atom. The van der Waals surface area contributed by atoms with E-state index in [4.69, 9.17) is 11.6 Å². The van der Waals surface area contributed by atoms with E-state index in [2.05, 4.69) is 9.88 Å². The number of halogens is 1. The first-order valence-corrected chi connectivity index (χ1v) is 7.49. The van der Waals surface area contributed by atoms with Gasteiger partial charge >= 0.3 is 0 Å². The topological polar surface area (TPSA) is 56.4 Å². The lowest BCUT2D eigenvalue weighted by molar-refractivity contribution is 0.0741. The predicted molar refractivity (Wildman–Crippen MR) is 85.7 cm³/mol. The van der Waals surface area contributed by atoms with Crippen molar-refractivity contribution in [1.82, 2.24) is 9.88 Å². The average Bonchev–Trinajstić information content (AvgIpc) is 3.03. The smallest absolute Gasteiger partial charge is 0.270 e. The molecule has 1 N–H and O–H groups in total. The zero-order valence-corrected chi connectivity index (χ0v) is 12.7. The third-order valence-corrected chi connectivity index (χ3v) is 4.04. The zero-order valence-electron chi connectivity index (χ0n) is 12.0. The minimum atomic E-state index is -0.0705. The van der Waals surface area contributed by atoms with E-state index < -0.39 is 0 Å². The van der Waals surface area contributed by atoms with Gasteiger partial charge in [0.25, 0.3) is 5.91 Å². The maximum Gasteiger partial charge on any atom is 0.270 e. The average molecular weight is 318 g/mol. The van der Waals surface area contributed by atoms with Gasteiger partial charge in [0, 0.05) is 36.9 Å². The SMILES string of the molecule is O=Cc1ccc(C(=O)N2CCN(c3cccc(Cl)c3)CC2)[nH]1. The molecule has 5 nitrogen and oxygen atoms in total. The van der Waals surface area contributed by atoms with Crippen LogP contribution in [-0.2, 0) is 0 Å². The number of aldehydes is 1. The lowest BCUT2D eigenvalue weighted by Crippen LogP contribution is -2.48. The van der Waals surface area contributed by atoms with Crippen molar-refractivity contribution in [3.8, 4) is 0 Å². The molecule has 0 spiro atoms. The number of nitrogens with one attached hydrogen (secondary N) is 1. The van der Waals surface area contributed by atoms with Crippen LogP contribution in [0.25, 0.3) is 0 Å². The molecule has 0 bridgehead atoms. The second kappa shape index (κ2) is 6.23. The van der Waals surface area contributed by atoms with Crippen LogP contribution in [0.5, 0.6) is 0 Å². The van der Waals surface area contributed by atoms with Crippen LogP contribution in [0.15, 0.2) is 36.4 Å². The van der Waals surface area contributed by atoms with E-state index in [1.807, 2.05) is 24.3 Å². The largest absolute Gasteiger partial charge is 0.368 e. The Hall–Kier alpha value is -2.27. The van der Waals surface area contributed by atoms with Crippen molar-refractivity contribution < 1.29 is 9.59 Å². The summed E-state index contributed by atoms with van der Waals surface area (Å²) in [6.45, 7) is 2.79. The molecule has 1 aromatic carbocycles. The lowest BCUT2D eigenvalue weighted by Gasteiger charge is -2.36. The summed E-state index contributed by atoms with van der Waals surface area (Å²) in [4.78, 5) is 29.9. The molecule has 0 unspecified atom stereocenters. The molecule has 22 heavy (non-hydrogen) atoms. The second-order valence-electron chi connectivity index (χ2n) is 5.20. The number of rotatable bonds is 3. The van der Waals surface area contributed by atoms with Crippen LogP contribution in [0.1, 0.15) is 21.0 Å². The Kier molecular flexibility index (Phi) is 4.15. The number of piperazine rings is 1. The number of aromatic nitrogens is 1. The van der Waals surface area contributed by atoms with Crippen LogP contribution in [0.3, 0.4) is 0 Å². The summed E-state index contributed by atoms with van der Waals surface area (Å²) in [7, 11) is 0. The Morgan fingerprint density at radius 1 is 1.14 bits per heavy atom. The first-order valence-electron chi connectivity index (χ1n) is 7.11. The van der Waals surface area contributed by atoms with Gasteiger partial charge in [-0.2, -0.15) is 0 Å². The summed E-state index contributed by atoms with van der Waals surface area (Å²) in [6, 6.07) is 11.0. The highest BCUT2D eigenvalue weighted by molar-refractivity contribution is 6.30. The molecular formula is C16H16ClN3O2. The summed E-state index contributed by atoms with van der Waals surface area (Å²) in [6.07, 6.45) is 0.702. The van der Waals surface area contributed by atoms with Crippen LogP contribution in [0.4, 0.5) is 5.69 Å². The maximum atomic E-state index is 12.4. The molecule has 1 aliphatic heterocycles. The van der Waals surface area contributed by atoms with Crippen molar-refractivity contribution in [2.75, 3.05) is 31.1 Å². The minimum absolute atomic E-state index is 0.0705. The highest BCUT2D eigenvalue weighted by Gasteiger charge is 2.23. The number of H-pyrrole nitrogens is 1. The monoisotopic (exact) mass is 317 g/mol. The van der Waals surface area contributed by atoms with E-state index in [9.17, 15) is 9.59 Å². The number of hydrogen-bond donors (Lipinski definition) is 1. The number of carbonyl (C=O) groups is 2. The summed E-state index contributed by atoms with van der Waals surface area (Å²) in [5, 5.41) is 0.712. The Morgan fingerprint density at radius 3 is 2.55 bits per heavy atom. The molecule has 1 amide bonds. The summed E-state index contributed by atoms with van der Waals surface area (Å²) >= 11 is 6.02. The van der Waals surface area contributed by atoms with Gasteiger partial charge in [-0.15, -0.1) is 0 Å². The van der Waals surface area contributed by atoms with Gasteiger partial charge in [-0.1, -0.05) is 17.7 Å². The fourth-order valence-electron chi connectivity index (χ4n) is 2.62. The molecule has 1 fully saturated rings. The molecule has 114 valence electrons. The number of aromatic amines is 1. The molecule has 0 radical (unpaired) electrons. The molecular weight excluding hydrogens is 302 g/mol. The number of amides is 1. The number of carbonyl (C=O) groups excluding carboxylic acids is 2. The van der Waals surface area contributed by atoms with E-state index in [0.29, 0.717) is 35.8 Å². The van der Waals surface area contributed by atoms with E-state index in [-0.39, 0.29) is 5.91 Å². The second-order valence-corrected chi connectivity index (χ2v) is 5.64. The summed E-state index contributed by atoms with van der Waals surface area (Å²) < 4.78 is 0. The molecule has 3 rings (SSSR count). The van der Waals surface area contributed by atoms with Crippen molar-refractivity contribution in [2.45, 2.75) is 0 Å². The van der Waals surface area contributed by atoms with Crippen molar-refractivity contribution in [3.63, 3.8) is 0 Å². The van der Waals surface area contributed by atoms with E-state index in [1.165, 1.54) is 0 Å². The van der Waals surface area contributed by atoms with E-state index >= 15 is 0 Å². The molecule has 1 saturated heterocycles. The van der Waals surface area contributed by atoms with Crippen molar-refractivity contribution in [1.29, 1.82) is 0 Å². The van der Waals surface area contributed by atoms with Gasteiger partial charge in [-0.3, -0.25) is 9.59 Å². The van der Waals surface area contributed by atoms with Gasteiger partial charge in [0.15, 0.2) is 6.29 Å². The predicted octanol–water partition coefficient (Wildman–Crippen LogP) is 2.44. The highest BCUT2D eigenvalue weighted by atomic mass is 35.5. The molecule has 1 aromatic heterocycles. The molecule has 0 saturated carbocycles. The van der Waals surface area contributed by atoms with Gasteiger partial charge in [-0.25, -0.2) is 0 Å². The first-order chi connectivity index (χ1) is 10.7. The third kappa shape index (κ3) is 2.99. The molecule has 2 aromatic rings. The van der Waals surface area contributed by atoms with Gasteiger partial charge in [0.1, 0.15) is 5.69 Å². The van der Waals surface area contributed by atoms with E-state index in [1.54, 1.807) is 17.0 Å². The van der Waals surface area contributed by atoms with E-state index in [0.717, 1.165) is 18.8 Å². The number of benzene rings is 1. The van der Waals surface area contributed by atoms with Crippen molar-refractivity contribution in [2.24, 2.45) is 0 Å². The molecule has 6 heteroatoms.